The molecule has 0 aromatic heterocycles. The number of esters is 1. The monoisotopic (exact) mass is 327 g/mol. The van der Waals surface area contributed by atoms with E-state index >= 15 is 0 Å². The molecule has 0 radical (unpaired) electrons. The van der Waals surface area contributed by atoms with E-state index in [9.17, 15) is 4.79 Å². The van der Waals surface area contributed by atoms with Gasteiger partial charge in [0.25, 0.3) is 0 Å². The molecule has 20 heavy (non-hydrogen) atoms. The van der Waals surface area contributed by atoms with Crippen LogP contribution in [0.5, 0.6) is 0 Å². The van der Waals surface area contributed by atoms with Gasteiger partial charge in [-0.25, -0.2) is 9.79 Å². The quantitative estimate of drug-likeness (QED) is 0.621. The van der Waals surface area contributed by atoms with Crippen LogP contribution in [0.15, 0.2) is 69.8 Å². The normalized spacial score (nSPS) is 16.1. The van der Waals surface area contributed by atoms with Crippen molar-refractivity contribution in [1.82, 2.24) is 0 Å². The van der Waals surface area contributed by atoms with Crippen molar-refractivity contribution in [1.29, 1.82) is 0 Å². The number of nitrogens with zero attached hydrogens (tertiary/aromatic N) is 1. The number of ether oxygens (including phenoxy) is 1. The fourth-order valence-electron chi connectivity index (χ4n) is 1.83. The summed E-state index contributed by atoms with van der Waals surface area (Å²) in [5.41, 5.74) is 2.01. The summed E-state index contributed by atoms with van der Waals surface area (Å²) in [5, 5.41) is 0. The first-order valence-corrected chi connectivity index (χ1v) is 6.85. The van der Waals surface area contributed by atoms with Gasteiger partial charge in [-0.3, -0.25) is 0 Å². The largest absolute Gasteiger partial charge is 0.402 e. The minimum atomic E-state index is -0.424. The number of benzene rings is 2. The second-order valence-corrected chi connectivity index (χ2v) is 5.17. The van der Waals surface area contributed by atoms with Gasteiger partial charge in [-0.05, 0) is 35.9 Å². The molecule has 1 aliphatic heterocycles. The molecule has 0 N–H and O–H groups in total. The van der Waals surface area contributed by atoms with E-state index in [2.05, 4.69) is 20.9 Å². The molecule has 0 amide bonds. The molecular formula is C16H10BrNO2. The van der Waals surface area contributed by atoms with Gasteiger partial charge in [0, 0.05) is 10.0 Å². The highest BCUT2D eigenvalue weighted by atomic mass is 79.9. The molecule has 1 aliphatic rings. The van der Waals surface area contributed by atoms with Crippen molar-refractivity contribution >= 4 is 33.9 Å². The van der Waals surface area contributed by atoms with Gasteiger partial charge < -0.3 is 4.74 Å². The zero-order valence-corrected chi connectivity index (χ0v) is 12.0. The Morgan fingerprint density at radius 1 is 1.00 bits per heavy atom. The molecule has 0 spiro atoms. The highest BCUT2D eigenvalue weighted by Crippen LogP contribution is 2.20. The molecule has 0 unspecified atom stereocenters. The van der Waals surface area contributed by atoms with Crippen LogP contribution in [0.3, 0.4) is 0 Å². The Labute approximate surface area is 124 Å². The Morgan fingerprint density at radius 3 is 2.40 bits per heavy atom. The first-order valence-electron chi connectivity index (χ1n) is 6.06. The van der Waals surface area contributed by atoms with Crippen LogP contribution in [0.1, 0.15) is 11.1 Å². The van der Waals surface area contributed by atoms with E-state index in [1.54, 1.807) is 6.08 Å². The van der Waals surface area contributed by atoms with Gasteiger partial charge in [-0.2, -0.15) is 0 Å². The third-order valence-electron chi connectivity index (χ3n) is 2.81. The number of carbonyl (C=O) groups is 1. The van der Waals surface area contributed by atoms with E-state index < -0.39 is 5.97 Å². The van der Waals surface area contributed by atoms with Crippen LogP contribution in [0, 0.1) is 0 Å². The first kappa shape index (κ1) is 12.8. The smallest absolute Gasteiger partial charge is 0.363 e. The molecule has 98 valence electrons. The second-order valence-electron chi connectivity index (χ2n) is 4.25. The molecule has 3 nitrogen and oxygen atoms in total. The maximum atomic E-state index is 11.8. The van der Waals surface area contributed by atoms with Gasteiger partial charge in [0.2, 0.25) is 5.90 Å². The van der Waals surface area contributed by atoms with Gasteiger partial charge in [0.1, 0.15) is 0 Å². The molecule has 2 aromatic rings. The van der Waals surface area contributed by atoms with E-state index in [4.69, 9.17) is 4.74 Å². The Hall–Kier alpha value is -2.20. The van der Waals surface area contributed by atoms with Crippen LogP contribution in [0.2, 0.25) is 0 Å². The van der Waals surface area contributed by atoms with Gasteiger partial charge in [-0.15, -0.1) is 0 Å². The van der Waals surface area contributed by atoms with Gasteiger partial charge in [0.05, 0.1) is 0 Å². The van der Waals surface area contributed by atoms with Crippen LogP contribution in [-0.2, 0) is 9.53 Å². The summed E-state index contributed by atoms with van der Waals surface area (Å²) in [6.07, 6.45) is 1.72. The van der Waals surface area contributed by atoms with E-state index in [1.807, 2.05) is 54.6 Å². The van der Waals surface area contributed by atoms with Crippen LogP contribution in [0.4, 0.5) is 0 Å². The lowest BCUT2D eigenvalue weighted by Gasteiger charge is -1.98. The second kappa shape index (κ2) is 5.43. The predicted molar refractivity (Wildman–Crippen MR) is 81.2 cm³/mol. The number of rotatable bonds is 2. The molecular weight excluding hydrogens is 318 g/mol. The van der Waals surface area contributed by atoms with Crippen molar-refractivity contribution in [3.05, 3.63) is 75.9 Å². The third kappa shape index (κ3) is 2.70. The Kier molecular flexibility index (Phi) is 3.48. The predicted octanol–water partition coefficient (Wildman–Crippen LogP) is 3.79. The van der Waals surface area contributed by atoms with Gasteiger partial charge >= 0.3 is 5.97 Å². The molecule has 4 heteroatoms. The maximum Gasteiger partial charge on any atom is 0.363 e. The molecule has 3 rings (SSSR count). The summed E-state index contributed by atoms with van der Waals surface area (Å²) in [5.74, 6) is -0.0866. The average Bonchev–Trinajstić information content (AvgIpc) is 2.82. The van der Waals surface area contributed by atoms with E-state index in [0.29, 0.717) is 11.6 Å². The summed E-state index contributed by atoms with van der Waals surface area (Å²) in [4.78, 5) is 16.1. The standard InChI is InChI=1S/C16H10BrNO2/c17-13-8-6-12(7-9-13)15-18-14(16(19)20-15)10-11-4-2-1-3-5-11/h1-10H/b14-10-. The van der Waals surface area contributed by atoms with Crippen LogP contribution in [-0.4, -0.2) is 11.9 Å². The maximum absolute atomic E-state index is 11.8. The zero-order valence-electron chi connectivity index (χ0n) is 10.4. The number of carbonyl (C=O) groups excluding carboxylic acids is 1. The number of cyclic esters (lactones) is 1. The summed E-state index contributed by atoms with van der Waals surface area (Å²) in [7, 11) is 0. The lowest BCUT2D eigenvalue weighted by Crippen LogP contribution is -2.05. The van der Waals surface area contributed by atoms with E-state index in [0.717, 1.165) is 15.6 Å². The fraction of sp³-hybridized carbons (Fsp3) is 0. The van der Waals surface area contributed by atoms with Gasteiger partial charge in [-0.1, -0.05) is 46.3 Å². The molecule has 2 aromatic carbocycles. The third-order valence-corrected chi connectivity index (χ3v) is 3.34. The van der Waals surface area contributed by atoms with Crippen molar-refractivity contribution in [2.75, 3.05) is 0 Å². The van der Waals surface area contributed by atoms with Crippen LogP contribution < -0.4 is 0 Å². The highest BCUT2D eigenvalue weighted by Gasteiger charge is 2.23. The molecule has 0 saturated heterocycles. The van der Waals surface area contributed by atoms with Crippen molar-refractivity contribution in [2.45, 2.75) is 0 Å². The number of hydrogen-bond donors (Lipinski definition) is 0. The van der Waals surface area contributed by atoms with Crippen LogP contribution >= 0.6 is 15.9 Å². The SMILES string of the molecule is O=C1OC(c2ccc(Br)cc2)=N/C1=C\c1ccccc1. The zero-order chi connectivity index (χ0) is 13.9. The Bertz CT molecular complexity index is 703. The number of halogens is 1. The summed E-state index contributed by atoms with van der Waals surface area (Å²) in [6, 6.07) is 17.0. The van der Waals surface area contributed by atoms with Crippen LogP contribution in [0.25, 0.3) is 6.08 Å². The molecule has 0 bridgehead atoms. The first-order chi connectivity index (χ1) is 9.72. The lowest BCUT2D eigenvalue weighted by molar-refractivity contribution is -0.129. The summed E-state index contributed by atoms with van der Waals surface area (Å²) >= 11 is 3.36. The van der Waals surface area contributed by atoms with Crippen molar-refractivity contribution < 1.29 is 9.53 Å². The molecule has 0 fully saturated rings. The molecule has 0 aliphatic carbocycles. The number of aliphatic imine (C=N–C) groups is 1. The summed E-state index contributed by atoms with van der Waals surface area (Å²) in [6.45, 7) is 0. The average molecular weight is 328 g/mol. The van der Waals surface area contributed by atoms with E-state index in [-0.39, 0.29) is 0 Å². The van der Waals surface area contributed by atoms with Crippen molar-refractivity contribution in [3.8, 4) is 0 Å². The topological polar surface area (TPSA) is 38.7 Å². The molecule has 0 saturated carbocycles. The Morgan fingerprint density at radius 2 is 1.70 bits per heavy atom. The minimum absolute atomic E-state index is 0.314. The minimum Gasteiger partial charge on any atom is -0.402 e. The number of hydrogen-bond acceptors (Lipinski definition) is 3. The Balaban J connectivity index is 1.93. The van der Waals surface area contributed by atoms with Crippen molar-refractivity contribution in [3.63, 3.8) is 0 Å². The van der Waals surface area contributed by atoms with Gasteiger partial charge in [0.15, 0.2) is 5.70 Å². The molecule has 0 atom stereocenters. The highest BCUT2D eigenvalue weighted by molar-refractivity contribution is 9.10. The molecule has 1 heterocycles. The van der Waals surface area contributed by atoms with Crippen molar-refractivity contribution in [2.24, 2.45) is 4.99 Å². The fourth-order valence-corrected chi connectivity index (χ4v) is 2.10. The van der Waals surface area contributed by atoms with E-state index in [1.165, 1.54) is 0 Å². The summed E-state index contributed by atoms with van der Waals surface area (Å²) < 4.78 is 6.16. The lowest BCUT2D eigenvalue weighted by atomic mass is 10.2.